The molecule has 5 nitrogen and oxygen atoms in total. The first kappa shape index (κ1) is 16.5. The van der Waals surface area contributed by atoms with Crippen molar-refractivity contribution in [3.63, 3.8) is 0 Å². The van der Waals surface area contributed by atoms with E-state index in [-0.39, 0.29) is 30.7 Å². The highest BCUT2D eigenvalue weighted by atomic mass is 19.1. The number of anilines is 2. The molecule has 0 aliphatic heterocycles. The minimum Gasteiger partial charge on any atom is -0.365 e. The number of hydrogen-bond donors (Lipinski definition) is 2. The smallest absolute Gasteiger partial charge is 0.243 e. The summed E-state index contributed by atoms with van der Waals surface area (Å²) >= 11 is 0. The second kappa shape index (κ2) is 7.93. The summed E-state index contributed by atoms with van der Waals surface area (Å²) in [7, 11) is 1.80. The second-order valence-corrected chi connectivity index (χ2v) is 5.02. The largest absolute Gasteiger partial charge is 0.365 e. The van der Waals surface area contributed by atoms with Gasteiger partial charge in [0.15, 0.2) is 0 Å². The molecule has 0 aliphatic rings. The fourth-order valence-electron chi connectivity index (χ4n) is 1.96. The Balaban J connectivity index is 1.75. The summed E-state index contributed by atoms with van der Waals surface area (Å²) in [5.74, 6) is -1.00. The second-order valence-electron chi connectivity index (χ2n) is 5.02. The molecule has 6 heteroatoms. The number of hydrogen-bond acceptors (Lipinski definition) is 3. The van der Waals surface area contributed by atoms with E-state index in [9.17, 15) is 14.0 Å². The van der Waals surface area contributed by atoms with Gasteiger partial charge >= 0.3 is 0 Å². The normalized spacial score (nSPS) is 10.0. The first-order valence-electron chi connectivity index (χ1n) is 7.13. The van der Waals surface area contributed by atoms with E-state index in [2.05, 4.69) is 10.6 Å². The molecule has 2 aromatic carbocycles. The van der Waals surface area contributed by atoms with Gasteiger partial charge in [-0.15, -0.1) is 0 Å². The van der Waals surface area contributed by atoms with Crippen molar-refractivity contribution in [2.45, 2.75) is 0 Å². The van der Waals surface area contributed by atoms with Gasteiger partial charge in [-0.2, -0.15) is 0 Å². The van der Waals surface area contributed by atoms with Crippen LogP contribution < -0.4 is 15.5 Å². The van der Waals surface area contributed by atoms with Crippen molar-refractivity contribution in [3.05, 3.63) is 60.4 Å². The summed E-state index contributed by atoms with van der Waals surface area (Å²) in [6.45, 7) is 0.00663. The first-order valence-corrected chi connectivity index (χ1v) is 7.13. The van der Waals surface area contributed by atoms with Gasteiger partial charge in [-0.25, -0.2) is 4.39 Å². The number of rotatable bonds is 6. The SMILES string of the molecule is CN(CC(=O)NCC(=O)Nc1ccc(F)cc1)c1ccccc1. The zero-order chi connectivity index (χ0) is 16.7. The Morgan fingerprint density at radius 1 is 1.00 bits per heavy atom. The molecule has 0 heterocycles. The van der Waals surface area contributed by atoms with Crippen LogP contribution in [0.1, 0.15) is 0 Å². The molecule has 0 radical (unpaired) electrons. The molecule has 0 saturated heterocycles. The van der Waals surface area contributed by atoms with Crippen LogP contribution in [0, 0.1) is 5.82 Å². The van der Waals surface area contributed by atoms with E-state index in [0.717, 1.165) is 5.69 Å². The predicted molar refractivity (Wildman–Crippen MR) is 87.8 cm³/mol. The number of carbonyl (C=O) groups excluding carboxylic acids is 2. The molecule has 2 N–H and O–H groups in total. The topological polar surface area (TPSA) is 61.4 Å². The highest BCUT2D eigenvalue weighted by Crippen LogP contribution is 2.10. The van der Waals surface area contributed by atoms with Gasteiger partial charge in [0.05, 0.1) is 13.1 Å². The van der Waals surface area contributed by atoms with Crippen molar-refractivity contribution in [1.82, 2.24) is 5.32 Å². The Morgan fingerprint density at radius 3 is 2.30 bits per heavy atom. The van der Waals surface area contributed by atoms with Gasteiger partial charge in [0.25, 0.3) is 0 Å². The zero-order valence-corrected chi connectivity index (χ0v) is 12.8. The molecule has 2 rings (SSSR count). The number of amides is 2. The molecule has 0 saturated carbocycles. The van der Waals surface area contributed by atoms with E-state index in [0.29, 0.717) is 5.69 Å². The summed E-state index contributed by atoms with van der Waals surface area (Å²) in [5, 5.41) is 5.12. The highest BCUT2D eigenvalue weighted by molar-refractivity contribution is 5.95. The van der Waals surface area contributed by atoms with Gasteiger partial charge < -0.3 is 15.5 Å². The number of nitrogens with one attached hydrogen (secondary N) is 2. The lowest BCUT2D eigenvalue weighted by atomic mass is 10.3. The number of nitrogens with zero attached hydrogens (tertiary/aromatic N) is 1. The molecule has 120 valence electrons. The summed E-state index contributed by atoms with van der Waals surface area (Å²) < 4.78 is 12.8. The van der Waals surface area contributed by atoms with Crippen LogP contribution in [-0.2, 0) is 9.59 Å². The van der Waals surface area contributed by atoms with Crippen LogP contribution in [0.25, 0.3) is 0 Å². The van der Waals surface area contributed by atoms with Crippen LogP contribution in [0.4, 0.5) is 15.8 Å². The van der Waals surface area contributed by atoms with E-state index in [1.807, 2.05) is 30.3 Å². The van der Waals surface area contributed by atoms with Crippen molar-refractivity contribution in [1.29, 1.82) is 0 Å². The van der Waals surface area contributed by atoms with E-state index in [1.165, 1.54) is 24.3 Å². The standard InChI is InChI=1S/C17H18FN3O2/c1-21(15-5-3-2-4-6-15)12-17(23)19-11-16(22)20-14-9-7-13(18)8-10-14/h2-10H,11-12H2,1H3,(H,19,23)(H,20,22). The molecular weight excluding hydrogens is 297 g/mol. The monoisotopic (exact) mass is 315 g/mol. The van der Waals surface area contributed by atoms with Crippen LogP contribution in [0.5, 0.6) is 0 Å². The third-order valence-electron chi connectivity index (χ3n) is 3.15. The maximum absolute atomic E-state index is 12.8. The molecule has 0 spiro atoms. The molecular formula is C17H18FN3O2. The zero-order valence-electron chi connectivity index (χ0n) is 12.8. The quantitative estimate of drug-likeness (QED) is 0.857. The maximum atomic E-state index is 12.8. The van der Waals surface area contributed by atoms with Crippen LogP contribution in [0.2, 0.25) is 0 Å². The van der Waals surface area contributed by atoms with Crippen molar-refractivity contribution in [2.75, 3.05) is 30.4 Å². The number of likely N-dealkylation sites (N-methyl/N-ethyl adjacent to an activating group) is 1. The fourth-order valence-corrected chi connectivity index (χ4v) is 1.96. The lowest BCUT2D eigenvalue weighted by Gasteiger charge is -2.18. The maximum Gasteiger partial charge on any atom is 0.243 e. The molecule has 0 bridgehead atoms. The Kier molecular flexibility index (Phi) is 5.68. The summed E-state index contributed by atoms with van der Waals surface area (Å²) in [5.41, 5.74) is 1.39. The van der Waals surface area contributed by atoms with Gasteiger partial charge in [-0.3, -0.25) is 9.59 Å². The van der Waals surface area contributed by atoms with E-state index >= 15 is 0 Å². The average Bonchev–Trinajstić information content (AvgIpc) is 2.56. The minimum atomic E-state index is -0.375. The summed E-state index contributed by atoms with van der Waals surface area (Å²) in [6, 6.07) is 14.9. The third kappa shape index (κ3) is 5.43. The lowest BCUT2D eigenvalue weighted by molar-refractivity contribution is -0.123. The number of benzene rings is 2. The molecule has 2 amide bonds. The Morgan fingerprint density at radius 2 is 1.65 bits per heavy atom. The summed E-state index contributed by atoms with van der Waals surface area (Å²) in [4.78, 5) is 25.4. The van der Waals surface area contributed by atoms with Gasteiger partial charge in [0, 0.05) is 18.4 Å². The Labute approximate surface area is 134 Å². The van der Waals surface area contributed by atoms with Crippen molar-refractivity contribution in [3.8, 4) is 0 Å². The van der Waals surface area contributed by atoms with Gasteiger partial charge in [-0.1, -0.05) is 18.2 Å². The first-order chi connectivity index (χ1) is 11.0. The molecule has 0 fully saturated rings. The van der Waals surface area contributed by atoms with Crippen LogP contribution >= 0.6 is 0 Å². The molecule has 2 aromatic rings. The fraction of sp³-hybridized carbons (Fsp3) is 0.176. The molecule has 0 unspecified atom stereocenters. The minimum absolute atomic E-state index is 0.140. The van der Waals surface area contributed by atoms with Gasteiger partial charge in [-0.05, 0) is 36.4 Å². The predicted octanol–water partition coefficient (Wildman–Crippen LogP) is 2.02. The lowest BCUT2D eigenvalue weighted by Crippen LogP contribution is -2.39. The number of para-hydroxylation sites is 1. The Hall–Kier alpha value is -2.89. The molecule has 23 heavy (non-hydrogen) atoms. The van der Waals surface area contributed by atoms with Crippen molar-refractivity contribution in [2.24, 2.45) is 0 Å². The molecule has 0 aliphatic carbocycles. The third-order valence-corrected chi connectivity index (χ3v) is 3.15. The highest BCUT2D eigenvalue weighted by Gasteiger charge is 2.09. The van der Waals surface area contributed by atoms with Gasteiger partial charge in [0.2, 0.25) is 11.8 Å². The Bertz CT molecular complexity index is 659. The van der Waals surface area contributed by atoms with E-state index in [4.69, 9.17) is 0 Å². The van der Waals surface area contributed by atoms with Crippen molar-refractivity contribution >= 4 is 23.2 Å². The number of halogens is 1. The van der Waals surface area contributed by atoms with Crippen LogP contribution in [0.3, 0.4) is 0 Å². The van der Waals surface area contributed by atoms with E-state index < -0.39 is 0 Å². The van der Waals surface area contributed by atoms with Gasteiger partial charge in [0.1, 0.15) is 5.82 Å². The van der Waals surface area contributed by atoms with Crippen LogP contribution in [0.15, 0.2) is 54.6 Å². The van der Waals surface area contributed by atoms with Crippen LogP contribution in [-0.4, -0.2) is 32.0 Å². The molecule has 0 atom stereocenters. The molecule has 0 aromatic heterocycles. The van der Waals surface area contributed by atoms with E-state index in [1.54, 1.807) is 11.9 Å². The van der Waals surface area contributed by atoms with Crippen molar-refractivity contribution < 1.29 is 14.0 Å². The number of carbonyl (C=O) groups is 2. The summed E-state index contributed by atoms with van der Waals surface area (Å²) in [6.07, 6.45) is 0. The average molecular weight is 315 g/mol.